The van der Waals surface area contributed by atoms with E-state index in [0.29, 0.717) is 42.7 Å². The first-order valence-corrected chi connectivity index (χ1v) is 14.0. The second-order valence-corrected chi connectivity index (χ2v) is 11.4. The van der Waals surface area contributed by atoms with E-state index < -0.39 is 23.4 Å². The zero-order valence-corrected chi connectivity index (χ0v) is 24.5. The van der Waals surface area contributed by atoms with E-state index in [4.69, 9.17) is 14.1 Å². The van der Waals surface area contributed by atoms with Crippen molar-refractivity contribution in [2.75, 3.05) is 30.4 Å². The van der Waals surface area contributed by atoms with Crippen LogP contribution in [0.4, 0.5) is 16.5 Å². The van der Waals surface area contributed by atoms with E-state index in [1.165, 1.54) is 0 Å². The molecule has 42 heavy (non-hydrogen) atoms. The van der Waals surface area contributed by atoms with Crippen molar-refractivity contribution >= 4 is 34.6 Å². The number of aromatic nitrogens is 2. The molecule has 2 aromatic heterocycles. The van der Waals surface area contributed by atoms with Gasteiger partial charge in [-0.15, -0.1) is 0 Å². The van der Waals surface area contributed by atoms with Gasteiger partial charge >= 0.3 is 17.7 Å². The lowest BCUT2D eigenvalue weighted by Gasteiger charge is -2.37. The summed E-state index contributed by atoms with van der Waals surface area (Å²) in [5.41, 5.74) is 2.90. The van der Waals surface area contributed by atoms with Crippen LogP contribution in [0.1, 0.15) is 49.2 Å². The number of hydrogen-bond donors (Lipinski definition) is 1. The Labute approximate surface area is 244 Å². The molecule has 0 spiro atoms. The number of carbonyl (C=O) groups excluding carboxylic acids is 2. The Bertz CT molecular complexity index is 1680. The smallest absolute Gasteiger partial charge is 0.412 e. The van der Waals surface area contributed by atoms with Crippen molar-refractivity contribution in [1.82, 2.24) is 14.9 Å². The molecule has 4 aromatic rings. The fourth-order valence-corrected chi connectivity index (χ4v) is 5.17. The molecular weight excluding hydrogens is 534 g/mol. The standard InChI is InChI=1S/C32H35N5O5/c1-20-24(35-31(40)42-32(2,3)4)13-14-25-26(20)29(39)41-30(34-25)37-19-15-21-10-6-7-12-23(21)27(37)28(38)36(5)18-16-22-11-8-9-17-33-22/h6-14,17,27H,15-16,18-19H2,1-5H3,(H,35,40). The monoisotopic (exact) mass is 569 g/mol. The van der Waals surface area contributed by atoms with Crippen LogP contribution in [-0.2, 0) is 22.4 Å². The van der Waals surface area contributed by atoms with Crippen molar-refractivity contribution in [2.45, 2.75) is 52.2 Å². The lowest BCUT2D eigenvalue weighted by atomic mass is 9.92. The molecule has 0 aliphatic carbocycles. The molecule has 0 radical (unpaired) electrons. The van der Waals surface area contributed by atoms with Crippen LogP contribution in [0.5, 0.6) is 0 Å². The molecule has 1 aliphatic heterocycles. The van der Waals surface area contributed by atoms with Crippen LogP contribution in [0.2, 0.25) is 0 Å². The Hall–Kier alpha value is -4.73. The minimum Gasteiger partial charge on any atom is -0.444 e. The number of anilines is 2. The van der Waals surface area contributed by atoms with Gasteiger partial charge in [0.25, 0.3) is 0 Å². The molecule has 1 aliphatic rings. The van der Waals surface area contributed by atoms with Gasteiger partial charge in [-0.05, 0) is 75.1 Å². The summed E-state index contributed by atoms with van der Waals surface area (Å²) in [6.45, 7) is 7.96. The van der Waals surface area contributed by atoms with Gasteiger partial charge in [-0.25, -0.2) is 9.59 Å². The highest BCUT2D eigenvalue weighted by atomic mass is 16.6. The van der Waals surface area contributed by atoms with E-state index >= 15 is 0 Å². The fourth-order valence-electron chi connectivity index (χ4n) is 5.17. The Morgan fingerprint density at radius 2 is 1.88 bits per heavy atom. The number of carbonyl (C=O) groups is 2. The zero-order valence-electron chi connectivity index (χ0n) is 24.5. The van der Waals surface area contributed by atoms with Crippen molar-refractivity contribution in [3.8, 4) is 0 Å². The largest absolute Gasteiger partial charge is 0.444 e. The third-order valence-electron chi connectivity index (χ3n) is 7.25. The van der Waals surface area contributed by atoms with E-state index in [1.54, 1.807) is 62.9 Å². The third-order valence-corrected chi connectivity index (χ3v) is 7.25. The van der Waals surface area contributed by atoms with Gasteiger partial charge in [-0.1, -0.05) is 30.3 Å². The molecule has 10 nitrogen and oxygen atoms in total. The van der Waals surface area contributed by atoms with E-state index in [1.807, 2.05) is 42.5 Å². The number of amides is 2. The molecule has 2 amide bonds. The number of nitrogens with one attached hydrogen (secondary N) is 1. The number of aryl methyl sites for hydroxylation is 1. The van der Waals surface area contributed by atoms with Crippen molar-refractivity contribution in [3.05, 3.63) is 93.6 Å². The predicted molar refractivity (Wildman–Crippen MR) is 161 cm³/mol. The lowest BCUT2D eigenvalue weighted by Crippen LogP contribution is -2.46. The minimum atomic E-state index is -0.717. The van der Waals surface area contributed by atoms with Gasteiger partial charge in [-0.2, -0.15) is 4.98 Å². The molecule has 3 heterocycles. The Kier molecular flexibility index (Phi) is 7.98. The van der Waals surface area contributed by atoms with Crippen molar-refractivity contribution < 1.29 is 18.7 Å². The third kappa shape index (κ3) is 6.12. The molecule has 10 heteroatoms. The van der Waals surface area contributed by atoms with Crippen molar-refractivity contribution in [2.24, 2.45) is 0 Å². The van der Waals surface area contributed by atoms with Crippen molar-refractivity contribution in [1.29, 1.82) is 0 Å². The molecule has 0 saturated carbocycles. The van der Waals surface area contributed by atoms with Crippen LogP contribution in [0.3, 0.4) is 0 Å². The Morgan fingerprint density at radius 1 is 1.12 bits per heavy atom. The second kappa shape index (κ2) is 11.6. The number of nitrogens with zero attached hydrogens (tertiary/aromatic N) is 4. The molecule has 0 fully saturated rings. The van der Waals surface area contributed by atoms with Crippen LogP contribution in [0.25, 0.3) is 10.9 Å². The van der Waals surface area contributed by atoms with Crippen LogP contribution < -0.4 is 15.8 Å². The highest BCUT2D eigenvalue weighted by molar-refractivity contribution is 5.93. The zero-order chi connectivity index (χ0) is 30.0. The number of likely N-dealkylation sites (N-methyl/N-ethyl adjacent to an activating group) is 1. The average Bonchev–Trinajstić information content (AvgIpc) is 2.95. The molecule has 5 rings (SSSR count). The van der Waals surface area contributed by atoms with Gasteiger partial charge in [0.05, 0.1) is 10.9 Å². The van der Waals surface area contributed by atoms with Gasteiger partial charge in [0, 0.05) is 44.1 Å². The molecule has 0 saturated heterocycles. The minimum absolute atomic E-state index is 0.0748. The summed E-state index contributed by atoms with van der Waals surface area (Å²) in [6.07, 6.45) is 2.39. The maximum Gasteiger partial charge on any atom is 0.412 e. The first-order chi connectivity index (χ1) is 20.0. The van der Waals surface area contributed by atoms with E-state index in [0.717, 1.165) is 16.8 Å². The van der Waals surface area contributed by atoms with Crippen LogP contribution in [0, 0.1) is 6.92 Å². The van der Waals surface area contributed by atoms with Gasteiger partial charge in [0.1, 0.15) is 11.6 Å². The summed E-state index contributed by atoms with van der Waals surface area (Å²) in [5, 5.41) is 2.95. The molecular formula is C32H35N5O5. The molecule has 0 bridgehead atoms. The SMILES string of the molecule is Cc1c(NC(=O)OC(C)(C)C)ccc2nc(N3CCc4ccccc4C3C(=O)N(C)CCc3ccccn3)oc(=O)c12. The van der Waals surface area contributed by atoms with Gasteiger partial charge in [0.2, 0.25) is 5.91 Å². The summed E-state index contributed by atoms with van der Waals surface area (Å²) in [5.74, 6) is -0.129. The summed E-state index contributed by atoms with van der Waals surface area (Å²) >= 11 is 0. The number of benzene rings is 2. The first-order valence-electron chi connectivity index (χ1n) is 14.0. The van der Waals surface area contributed by atoms with Gasteiger partial charge < -0.3 is 19.0 Å². The first kappa shape index (κ1) is 28.8. The maximum atomic E-state index is 14.0. The summed E-state index contributed by atoms with van der Waals surface area (Å²) in [7, 11) is 1.77. The molecule has 1 N–H and O–H groups in total. The topological polar surface area (TPSA) is 118 Å². The Morgan fingerprint density at radius 3 is 2.62 bits per heavy atom. The summed E-state index contributed by atoms with van der Waals surface area (Å²) in [4.78, 5) is 52.2. The Balaban J connectivity index is 1.47. The quantitative estimate of drug-likeness (QED) is 0.343. The van der Waals surface area contributed by atoms with Gasteiger partial charge in [0.15, 0.2) is 0 Å². The van der Waals surface area contributed by atoms with E-state index in [2.05, 4.69) is 10.3 Å². The van der Waals surface area contributed by atoms with Crippen LogP contribution in [-0.4, -0.2) is 52.6 Å². The normalized spacial score (nSPS) is 14.8. The number of hydrogen-bond acceptors (Lipinski definition) is 8. The highest BCUT2D eigenvalue weighted by Gasteiger charge is 2.37. The van der Waals surface area contributed by atoms with Gasteiger partial charge in [-0.3, -0.25) is 15.1 Å². The molecule has 218 valence electrons. The molecule has 1 atom stereocenters. The van der Waals surface area contributed by atoms with Crippen LogP contribution in [0.15, 0.2) is 70.0 Å². The molecule has 1 unspecified atom stereocenters. The summed E-state index contributed by atoms with van der Waals surface area (Å²) in [6, 6.07) is 16.2. The summed E-state index contributed by atoms with van der Waals surface area (Å²) < 4.78 is 11.1. The number of pyridine rings is 1. The average molecular weight is 570 g/mol. The van der Waals surface area contributed by atoms with E-state index in [-0.39, 0.29) is 17.3 Å². The predicted octanol–water partition coefficient (Wildman–Crippen LogP) is 5.04. The molecule has 2 aromatic carbocycles. The maximum absolute atomic E-state index is 14.0. The lowest BCUT2D eigenvalue weighted by molar-refractivity contribution is -0.131. The number of rotatable bonds is 6. The second-order valence-electron chi connectivity index (χ2n) is 11.4. The number of fused-ring (bicyclic) bond motifs is 2. The number of ether oxygens (including phenoxy) is 1. The fraction of sp³-hybridized carbons (Fsp3) is 0.344. The van der Waals surface area contributed by atoms with Crippen molar-refractivity contribution in [3.63, 3.8) is 0 Å². The highest BCUT2D eigenvalue weighted by Crippen LogP contribution is 2.35. The van der Waals surface area contributed by atoms with Crippen LogP contribution >= 0.6 is 0 Å². The van der Waals surface area contributed by atoms with E-state index in [9.17, 15) is 14.4 Å².